The molecule has 3 fully saturated rings. The number of fused-ring (bicyclic) bond motifs is 2. The van der Waals surface area contributed by atoms with Crippen molar-refractivity contribution in [2.75, 3.05) is 75.2 Å². The van der Waals surface area contributed by atoms with Gasteiger partial charge in [-0.2, -0.15) is 5.26 Å². The van der Waals surface area contributed by atoms with Crippen LogP contribution in [0.5, 0.6) is 0 Å². The number of ether oxygens (including phenoxy) is 1. The molecule has 232 valence electrons. The average Bonchev–Trinajstić information content (AvgIpc) is 3.02. The predicted molar refractivity (Wildman–Crippen MR) is 175 cm³/mol. The lowest BCUT2D eigenvalue weighted by atomic mass is 10.0. The van der Waals surface area contributed by atoms with Crippen LogP contribution in [0.15, 0.2) is 54.7 Å². The van der Waals surface area contributed by atoms with Gasteiger partial charge in [-0.3, -0.25) is 9.88 Å². The van der Waals surface area contributed by atoms with Crippen LogP contribution < -0.4 is 9.80 Å². The lowest BCUT2D eigenvalue weighted by Crippen LogP contribution is -2.65. The number of nitriles is 1. The molecule has 1 amide bonds. The minimum absolute atomic E-state index is 0.219. The molecule has 3 aliphatic rings. The Morgan fingerprint density at radius 1 is 0.955 bits per heavy atom. The maximum absolute atomic E-state index is 12.4. The van der Waals surface area contributed by atoms with Crippen LogP contribution in [0.4, 0.5) is 16.2 Å². The quantitative estimate of drug-likeness (QED) is 0.424. The van der Waals surface area contributed by atoms with Gasteiger partial charge in [-0.05, 0) is 76.1 Å². The zero-order chi connectivity index (χ0) is 30.8. The highest BCUT2D eigenvalue weighted by atomic mass is 16.6. The van der Waals surface area contributed by atoms with Gasteiger partial charge >= 0.3 is 6.09 Å². The minimum atomic E-state index is -0.466. The van der Waals surface area contributed by atoms with Crippen molar-refractivity contribution >= 4 is 28.4 Å². The Morgan fingerprint density at radius 2 is 1.73 bits per heavy atom. The summed E-state index contributed by atoms with van der Waals surface area (Å²) in [7, 11) is 0. The van der Waals surface area contributed by atoms with Crippen molar-refractivity contribution in [3.63, 3.8) is 0 Å². The van der Waals surface area contributed by atoms with Crippen LogP contribution >= 0.6 is 0 Å². The van der Waals surface area contributed by atoms with Crippen molar-refractivity contribution in [3.8, 4) is 6.07 Å². The van der Waals surface area contributed by atoms with E-state index in [1.165, 1.54) is 16.9 Å². The van der Waals surface area contributed by atoms with Crippen LogP contribution in [-0.4, -0.2) is 109 Å². The second-order valence-electron chi connectivity index (χ2n) is 13.5. The maximum Gasteiger partial charge on any atom is 0.410 e. The molecule has 1 aromatic heterocycles. The highest BCUT2D eigenvalue weighted by Gasteiger charge is 2.36. The lowest BCUT2D eigenvalue weighted by Gasteiger charge is -2.51. The Labute approximate surface area is 261 Å². The van der Waals surface area contributed by atoms with Crippen LogP contribution in [0.3, 0.4) is 0 Å². The van der Waals surface area contributed by atoms with Crippen LogP contribution in [0, 0.1) is 11.3 Å². The van der Waals surface area contributed by atoms with Crippen LogP contribution in [0.25, 0.3) is 10.9 Å². The Kier molecular flexibility index (Phi) is 8.66. The molecular formula is C35H45N7O2. The molecule has 0 aliphatic carbocycles. The molecule has 9 heteroatoms. The largest absolute Gasteiger partial charge is 0.444 e. The molecule has 2 atom stereocenters. The van der Waals surface area contributed by atoms with E-state index < -0.39 is 5.60 Å². The number of piperazine rings is 3. The summed E-state index contributed by atoms with van der Waals surface area (Å²) in [5.74, 6) is 0. The van der Waals surface area contributed by atoms with Crippen molar-refractivity contribution in [1.29, 1.82) is 5.26 Å². The van der Waals surface area contributed by atoms with E-state index >= 15 is 0 Å². The number of hydrogen-bond acceptors (Lipinski definition) is 8. The third-order valence-electron chi connectivity index (χ3n) is 9.25. The first-order valence-electron chi connectivity index (χ1n) is 16.0. The minimum Gasteiger partial charge on any atom is -0.444 e. The first kappa shape index (κ1) is 30.2. The zero-order valence-corrected chi connectivity index (χ0v) is 26.6. The molecule has 3 aliphatic heterocycles. The molecule has 3 saturated heterocycles. The van der Waals surface area contributed by atoms with E-state index in [9.17, 15) is 10.1 Å². The smallest absolute Gasteiger partial charge is 0.410 e. The monoisotopic (exact) mass is 595 g/mol. The van der Waals surface area contributed by atoms with Gasteiger partial charge in [0.25, 0.3) is 0 Å². The van der Waals surface area contributed by atoms with Gasteiger partial charge in [-0.1, -0.05) is 12.1 Å². The van der Waals surface area contributed by atoms with Crippen molar-refractivity contribution in [2.45, 2.75) is 51.8 Å². The molecule has 0 saturated carbocycles. The second kappa shape index (κ2) is 12.6. The van der Waals surface area contributed by atoms with Crippen LogP contribution in [0.1, 0.15) is 38.8 Å². The first-order valence-corrected chi connectivity index (χ1v) is 16.0. The third kappa shape index (κ3) is 6.62. The van der Waals surface area contributed by atoms with Crippen molar-refractivity contribution in [1.82, 2.24) is 19.7 Å². The number of amides is 1. The molecule has 3 aromatic rings. The number of nitrogens with zero attached hydrogens (tertiary/aromatic N) is 7. The van der Waals surface area contributed by atoms with Gasteiger partial charge in [0.15, 0.2) is 0 Å². The molecule has 0 unspecified atom stereocenters. The van der Waals surface area contributed by atoms with Gasteiger partial charge in [0.2, 0.25) is 0 Å². The van der Waals surface area contributed by atoms with Gasteiger partial charge in [-0.25, -0.2) is 4.79 Å². The van der Waals surface area contributed by atoms with Crippen LogP contribution in [-0.2, 0) is 11.2 Å². The van der Waals surface area contributed by atoms with E-state index in [0.717, 1.165) is 69.7 Å². The number of aromatic nitrogens is 1. The van der Waals surface area contributed by atoms with E-state index in [-0.39, 0.29) is 6.09 Å². The molecule has 0 radical (unpaired) electrons. The summed E-state index contributed by atoms with van der Waals surface area (Å²) in [6, 6.07) is 20.3. The number of hydrogen-bond donors (Lipinski definition) is 0. The van der Waals surface area contributed by atoms with E-state index in [1.54, 1.807) is 6.20 Å². The molecule has 6 rings (SSSR count). The summed E-state index contributed by atoms with van der Waals surface area (Å²) in [5, 5.41) is 10.7. The van der Waals surface area contributed by atoms with E-state index in [1.807, 2.05) is 37.8 Å². The molecule has 4 heterocycles. The Morgan fingerprint density at radius 3 is 2.45 bits per heavy atom. The normalized spacial score (nSPS) is 21.7. The van der Waals surface area contributed by atoms with Gasteiger partial charge in [0.1, 0.15) is 11.7 Å². The average molecular weight is 596 g/mol. The van der Waals surface area contributed by atoms with E-state index in [2.05, 4.69) is 74.0 Å². The molecule has 44 heavy (non-hydrogen) atoms. The fourth-order valence-corrected chi connectivity index (χ4v) is 6.99. The first-order chi connectivity index (χ1) is 21.2. The predicted octanol–water partition coefficient (Wildman–Crippen LogP) is 4.60. The third-order valence-corrected chi connectivity index (χ3v) is 9.25. The summed E-state index contributed by atoms with van der Waals surface area (Å²) in [6.07, 6.45) is 2.59. The summed E-state index contributed by atoms with van der Waals surface area (Å²) >= 11 is 0. The highest BCUT2D eigenvalue weighted by Crippen LogP contribution is 2.32. The lowest BCUT2D eigenvalue weighted by molar-refractivity contribution is 0.0240. The fraction of sp³-hybridized carbons (Fsp3) is 0.514. The fourth-order valence-electron chi connectivity index (χ4n) is 6.99. The highest BCUT2D eigenvalue weighted by molar-refractivity contribution is 5.95. The number of pyridine rings is 1. The van der Waals surface area contributed by atoms with Gasteiger partial charge in [0, 0.05) is 100 Å². The maximum atomic E-state index is 12.4. The number of carbonyl (C=O) groups is 1. The zero-order valence-electron chi connectivity index (χ0n) is 26.6. The molecule has 9 nitrogen and oxygen atoms in total. The van der Waals surface area contributed by atoms with E-state index in [0.29, 0.717) is 30.7 Å². The summed E-state index contributed by atoms with van der Waals surface area (Å²) < 4.78 is 5.54. The molecule has 0 bridgehead atoms. The van der Waals surface area contributed by atoms with Crippen molar-refractivity contribution < 1.29 is 9.53 Å². The number of anilines is 2. The Bertz CT molecular complexity index is 1500. The topological polar surface area (TPSA) is 79.2 Å². The molecule has 0 N–H and O–H groups in total. The summed E-state index contributed by atoms with van der Waals surface area (Å²) in [4.78, 5) is 28.9. The molecular weight excluding hydrogens is 550 g/mol. The summed E-state index contributed by atoms with van der Waals surface area (Å²) in [6.45, 7) is 17.3. The van der Waals surface area contributed by atoms with Gasteiger partial charge < -0.3 is 24.3 Å². The number of carbonyl (C=O) groups excluding carboxylic acids is 1. The van der Waals surface area contributed by atoms with E-state index in [4.69, 9.17) is 4.74 Å². The van der Waals surface area contributed by atoms with Crippen LogP contribution in [0.2, 0.25) is 0 Å². The second-order valence-corrected chi connectivity index (χ2v) is 13.5. The SMILES string of the molecule is C[C@@H]1CN(c2ccc(C#N)c3ncccc23)C[C@@H]2CN(CCc3ccc(N4CCN(C(=O)OC(C)(C)C)CC4)cc3)CCN21. The Hall–Kier alpha value is -3.87. The molecule has 0 spiro atoms. The van der Waals surface area contributed by atoms with Gasteiger partial charge in [-0.15, -0.1) is 0 Å². The van der Waals surface area contributed by atoms with Gasteiger partial charge in [0.05, 0.1) is 11.1 Å². The Balaban J connectivity index is 1.02. The standard InChI is InChI=1S/C35H45N7O2/c1-26-23-41(32-12-9-28(22-36)33-31(32)6-5-14-37-33)25-30-24-38(16-21-42(26)30)15-13-27-7-10-29(11-8-27)39-17-19-40(20-18-39)34(43)44-35(2,3)4/h5-12,14,26,30H,13,15-21,23-25H2,1-4H3/t26-,30+/m1/s1. The number of benzene rings is 2. The number of rotatable bonds is 5. The van der Waals surface area contributed by atoms with Crippen molar-refractivity contribution in [3.05, 3.63) is 65.9 Å². The van der Waals surface area contributed by atoms with Crippen molar-refractivity contribution in [2.24, 2.45) is 0 Å². The molecule has 2 aromatic carbocycles. The summed E-state index contributed by atoms with van der Waals surface area (Å²) in [5.41, 5.74) is 4.72.